The predicted molar refractivity (Wildman–Crippen MR) is 337 cm³/mol. The van der Waals surface area contributed by atoms with E-state index in [4.69, 9.17) is 49.1 Å². The Kier molecular flexibility index (Phi) is 24.5. The van der Waals surface area contributed by atoms with Gasteiger partial charge in [0.05, 0.1) is 64.3 Å². The molecule has 4 aromatic carbocycles. The SMILES string of the molecule is CCN(CC)CC.COc1ccc(C(OCC(C)(C)C(=O)SCCOP(=O)(NCc2ccccc2)OC[C@H]2CC[C@@H](n3cnc4c(N)ncnc43)O2)(c2ccccc2)c2ccc(OC)cc2)cc1.Nc1ncnc2c1ncn2[C@@H]1CC[C@H](CO[P+](=O)O)O1. The van der Waals surface area contributed by atoms with Crippen LogP contribution in [0.15, 0.2) is 135 Å². The number of imidazole rings is 2. The second-order valence-electron chi connectivity index (χ2n) is 21.2. The number of carbonyl (C=O) groups is 1. The van der Waals surface area contributed by atoms with Crippen molar-refractivity contribution in [2.75, 3.05) is 77.5 Å². The van der Waals surface area contributed by atoms with Gasteiger partial charge in [-0.25, -0.2) is 39.6 Å². The number of nitrogens with two attached hydrogens (primary N) is 2. The maximum atomic E-state index is 14.2. The number of rotatable bonds is 27. The summed E-state index contributed by atoms with van der Waals surface area (Å²) in [5.41, 5.74) is 15.4. The first kappa shape index (κ1) is 67.1. The summed E-state index contributed by atoms with van der Waals surface area (Å²) in [5, 5.41) is 2.89. The number of nitrogens with zero attached hydrogens (tertiary/aromatic N) is 9. The Balaban J connectivity index is 0.000000304. The number of benzene rings is 4. The lowest BCUT2D eigenvalue weighted by atomic mass is 9.79. The zero-order valence-electron chi connectivity index (χ0n) is 50.6. The molecule has 0 radical (unpaired) electrons. The molecule has 8 aromatic rings. The van der Waals surface area contributed by atoms with E-state index in [1.54, 1.807) is 31.4 Å². The Bertz CT molecular complexity index is 3480. The van der Waals surface area contributed by atoms with Crippen LogP contribution >= 0.6 is 27.8 Å². The number of fused-ring (bicyclic) bond motifs is 2. The summed E-state index contributed by atoms with van der Waals surface area (Å²) in [6.07, 6.45) is 7.61. The van der Waals surface area contributed by atoms with Crippen molar-refractivity contribution in [1.82, 2.24) is 49.0 Å². The molecule has 0 spiro atoms. The fraction of sp³-hybridized carbons (Fsp3) is 0.426. The molecule has 0 aliphatic carbocycles. The van der Waals surface area contributed by atoms with Crippen LogP contribution in [-0.4, -0.2) is 132 Å². The van der Waals surface area contributed by atoms with Crippen molar-refractivity contribution >= 4 is 66.8 Å². The number of nitrogen functional groups attached to an aromatic ring is 2. The second kappa shape index (κ2) is 32.1. The smallest absolute Gasteiger partial charge is 0.497 e. The Hall–Kier alpha value is -6.83. The highest BCUT2D eigenvalue weighted by atomic mass is 32.2. The van der Waals surface area contributed by atoms with Gasteiger partial charge < -0.3 is 40.1 Å². The van der Waals surface area contributed by atoms with Gasteiger partial charge in [0.1, 0.15) is 59.9 Å². The summed E-state index contributed by atoms with van der Waals surface area (Å²) in [7, 11) is -3.20. The molecule has 470 valence electrons. The minimum absolute atomic E-state index is 0.0152. The molecule has 10 rings (SSSR count). The van der Waals surface area contributed by atoms with E-state index in [0.717, 1.165) is 46.9 Å². The number of hydrogen-bond donors (Lipinski definition) is 4. The largest absolute Gasteiger partial charge is 0.694 e. The fourth-order valence-corrected chi connectivity index (χ4v) is 12.6. The van der Waals surface area contributed by atoms with Gasteiger partial charge in [0, 0.05) is 16.9 Å². The monoisotopic (exact) mass is 1270 g/mol. The average molecular weight is 1270 g/mol. The van der Waals surface area contributed by atoms with Gasteiger partial charge in [0.15, 0.2) is 28.0 Å². The predicted octanol–water partition coefficient (Wildman–Crippen LogP) is 10.4. The normalized spacial score (nSPS) is 17.7. The number of ether oxygens (including phenoxy) is 5. The maximum absolute atomic E-state index is 14.2. The van der Waals surface area contributed by atoms with E-state index in [1.807, 2.05) is 128 Å². The Labute approximate surface area is 517 Å². The summed E-state index contributed by atoms with van der Waals surface area (Å²) < 4.78 is 75.0. The molecule has 6 heterocycles. The molecule has 27 heteroatoms. The highest BCUT2D eigenvalue weighted by molar-refractivity contribution is 8.13. The topological polar surface area (TPSA) is 300 Å². The number of anilines is 2. The molecular formula is C61H79N12O12P2S+. The summed E-state index contributed by atoms with van der Waals surface area (Å²) >= 11 is 1.10. The quantitative estimate of drug-likeness (QED) is 0.0211. The van der Waals surface area contributed by atoms with Gasteiger partial charge in [-0.05, 0) is 106 Å². The minimum atomic E-state index is -3.87. The van der Waals surface area contributed by atoms with Gasteiger partial charge in [0.2, 0.25) is 0 Å². The fourth-order valence-electron chi connectivity index (χ4n) is 10.0. The van der Waals surface area contributed by atoms with E-state index < -0.39 is 27.0 Å². The van der Waals surface area contributed by atoms with E-state index in [9.17, 15) is 13.9 Å². The van der Waals surface area contributed by atoms with Crippen molar-refractivity contribution < 1.29 is 56.1 Å². The van der Waals surface area contributed by atoms with Crippen LogP contribution < -0.4 is 26.0 Å². The molecule has 0 bridgehead atoms. The first-order valence-electron chi connectivity index (χ1n) is 29.1. The Morgan fingerprint density at radius 1 is 0.705 bits per heavy atom. The van der Waals surface area contributed by atoms with Crippen molar-refractivity contribution in [3.05, 3.63) is 157 Å². The van der Waals surface area contributed by atoms with Crippen LogP contribution in [0, 0.1) is 5.41 Å². The van der Waals surface area contributed by atoms with E-state index in [0.29, 0.717) is 58.3 Å². The molecule has 4 aromatic heterocycles. The van der Waals surface area contributed by atoms with Crippen LogP contribution in [0.25, 0.3) is 22.3 Å². The second-order valence-corrected chi connectivity index (χ2v) is 24.8. The molecule has 2 fully saturated rings. The molecule has 6 atom stereocenters. The van der Waals surface area contributed by atoms with E-state index in [-0.39, 0.29) is 68.5 Å². The number of thioether (sulfide) groups is 1. The molecule has 88 heavy (non-hydrogen) atoms. The van der Waals surface area contributed by atoms with Crippen molar-refractivity contribution in [1.29, 1.82) is 0 Å². The van der Waals surface area contributed by atoms with Gasteiger partial charge in [-0.1, -0.05) is 117 Å². The van der Waals surface area contributed by atoms with E-state index >= 15 is 0 Å². The average Bonchev–Trinajstić information content (AvgIpc) is 2.43. The van der Waals surface area contributed by atoms with Crippen molar-refractivity contribution in [3.63, 3.8) is 0 Å². The molecule has 2 unspecified atom stereocenters. The van der Waals surface area contributed by atoms with Crippen LogP contribution in [0.4, 0.5) is 11.6 Å². The lowest BCUT2D eigenvalue weighted by Gasteiger charge is -2.38. The molecule has 6 N–H and O–H groups in total. The van der Waals surface area contributed by atoms with Crippen LogP contribution in [0.5, 0.6) is 11.5 Å². The first-order chi connectivity index (χ1) is 42.5. The number of carbonyl (C=O) groups excluding carboxylic acids is 1. The Morgan fingerprint density at radius 3 is 1.67 bits per heavy atom. The third-order valence-corrected chi connectivity index (χ3v) is 18.1. The first-order valence-corrected chi connectivity index (χ1v) is 32.7. The molecule has 0 amide bonds. The third kappa shape index (κ3) is 17.3. The summed E-state index contributed by atoms with van der Waals surface area (Å²) in [5.74, 6) is 2.26. The molecule has 2 aliphatic rings. The van der Waals surface area contributed by atoms with Crippen molar-refractivity contribution in [3.8, 4) is 11.5 Å². The number of aromatic nitrogens is 8. The lowest BCUT2D eigenvalue weighted by molar-refractivity contribution is -0.124. The Morgan fingerprint density at radius 2 is 1.19 bits per heavy atom. The van der Waals surface area contributed by atoms with Crippen LogP contribution in [0.2, 0.25) is 0 Å². The minimum Gasteiger partial charge on any atom is -0.497 e. The van der Waals surface area contributed by atoms with E-state index in [1.165, 1.54) is 32.3 Å². The zero-order valence-corrected chi connectivity index (χ0v) is 53.2. The van der Waals surface area contributed by atoms with Crippen LogP contribution in [0.1, 0.15) is 95.0 Å². The highest BCUT2D eigenvalue weighted by Crippen LogP contribution is 2.47. The van der Waals surface area contributed by atoms with Crippen LogP contribution in [0.3, 0.4) is 0 Å². The maximum Gasteiger partial charge on any atom is 0.694 e. The molecular weight excluding hydrogens is 1190 g/mol. The van der Waals surface area contributed by atoms with Gasteiger partial charge in [-0.2, -0.15) is 0 Å². The molecule has 2 aliphatic heterocycles. The lowest BCUT2D eigenvalue weighted by Crippen LogP contribution is -2.38. The third-order valence-electron chi connectivity index (χ3n) is 15.0. The molecule has 2 saturated heterocycles. The van der Waals surface area contributed by atoms with Gasteiger partial charge in [-0.3, -0.25) is 23.0 Å². The van der Waals surface area contributed by atoms with Crippen LogP contribution in [-0.2, 0) is 53.9 Å². The zero-order chi connectivity index (χ0) is 62.7. The number of methoxy groups -OCH3 is 2. The molecule has 24 nitrogen and oxygen atoms in total. The van der Waals surface area contributed by atoms with E-state index in [2.05, 4.69) is 65.2 Å². The van der Waals surface area contributed by atoms with Gasteiger partial charge in [-0.15, -0.1) is 9.42 Å². The van der Waals surface area contributed by atoms with Gasteiger partial charge in [0.25, 0.3) is 0 Å². The summed E-state index contributed by atoms with van der Waals surface area (Å²) in [4.78, 5) is 49.9. The highest BCUT2D eigenvalue weighted by Gasteiger charge is 2.42. The van der Waals surface area contributed by atoms with Crippen molar-refractivity contribution in [2.24, 2.45) is 5.41 Å². The standard InChI is InChI=1S/C45H51N6O8PS.C10H12N5O4P.C6H15N/c1-44(2,29-56-45(33-13-9-6-10-14-33,34-15-19-36(54-3)20-16-34)35-17-21-37(55-4)22-18-35)43(52)61-26-25-57-60(53,50-27-32-11-7-5-8-12-32)58-28-38-23-24-39(59-38)51-31-49-40-41(46)47-30-48-42(40)51;11-9-8-10(13-4-12-9)15(5-14-8)7-2-1-6(19-7)3-18-20(16)17;1-4-7(5-2)6-3/h5-22,30-31,38-39H,23-29H2,1-4H3,(H,50,53)(H2,46,47,48);4-7H,1-3H2,(H2-,11,12,13,16,17);4-6H2,1-3H3/p+1/t38-,39+,60?;6-,7+;/m11./s1. The van der Waals surface area contributed by atoms with Crippen molar-refractivity contribution in [2.45, 2.75) is 97.1 Å². The number of nitrogens with one attached hydrogen (secondary N) is 1. The summed E-state index contributed by atoms with van der Waals surface area (Å²) in [6, 6.07) is 35.0. The number of hydrogen-bond acceptors (Lipinski definition) is 21. The van der Waals surface area contributed by atoms with Gasteiger partial charge >= 0.3 is 16.0 Å². The molecule has 0 saturated carbocycles. The summed E-state index contributed by atoms with van der Waals surface area (Å²) in [6.45, 7) is 14.3.